The lowest BCUT2D eigenvalue weighted by atomic mass is 10.2. The van der Waals surface area contributed by atoms with Gasteiger partial charge in [0.05, 0.1) is 0 Å². The summed E-state index contributed by atoms with van der Waals surface area (Å²) in [5.74, 6) is -0.0599. The first-order chi connectivity index (χ1) is 11.2. The summed E-state index contributed by atoms with van der Waals surface area (Å²) in [4.78, 5) is 26.0. The molecule has 0 saturated carbocycles. The summed E-state index contributed by atoms with van der Waals surface area (Å²) in [6.07, 6.45) is 4.35. The molecule has 0 bridgehead atoms. The first kappa shape index (κ1) is 17.3. The molecule has 2 amide bonds. The third-order valence-electron chi connectivity index (χ3n) is 4.07. The van der Waals surface area contributed by atoms with Crippen molar-refractivity contribution < 1.29 is 14.3 Å². The number of hydrogen-bond acceptors (Lipinski definition) is 3. The molecule has 0 radical (unpaired) electrons. The van der Waals surface area contributed by atoms with Gasteiger partial charge in [0, 0.05) is 13.1 Å². The van der Waals surface area contributed by atoms with Gasteiger partial charge in [0.15, 0.2) is 0 Å². The lowest BCUT2D eigenvalue weighted by Crippen LogP contribution is -2.46. The minimum atomic E-state index is -0.403. The van der Waals surface area contributed by atoms with Crippen LogP contribution in [0.2, 0.25) is 0 Å². The molecule has 0 unspecified atom stereocenters. The number of nitrogens with one attached hydrogen (secondary N) is 1. The summed E-state index contributed by atoms with van der Waals surface area (Å²) in [6.45, 7) is 3.63. The highest BCUT2D eigenvalue weighted by atomic mass is 16.6. The van der Waals surface area contributed by atoms with Crippen LogP contribution < -0.4 is 5.32 Å². The van der Waals surface area contributed by atoms with Crippen molar-refractivity contribution in [3.63, 3.8) is 0 Å². The molecule has 1 aliphatic rings. The second kappa shape index (κ2) is 9.18. The average molecular weight is 318 g/mol. The van der Waals surface area contributed by atoms with Gasteiger partial charge in [0.25, 0.3) is 0 Å². The van der Waals surface area contributed by atoms with Crippen LogP contribution in [0.1, 0.15) is 44.6 Å². The highest BCUT2D eigenvalue weighted by molar-refractivity contribution is 5.86. The van der Waals surface area contributed by atoms with Gasteiger partial charge >= 0.3 is 6.09 Å². The monoisotopic (exact) mass is 318 g/mol. The van der Waals surface area contributed by atoms with E-state index in [2.05, 4.69) is 12.2 Å². The van der Waals surface area contributed by atoms with Crippen LogP contribution in [-0.4, -0.2) is 36.0 Å². The summed E-state index contributed by atoms with van der Waals surface area (Å²) in [6, 6.07) is 9.17. The molecule has 1 aromatic carbocycles. The minimum absolute atomic E-state index is 0.0599. The zero-order valence-corrected chi connectivity index (χ0v) is 13.8. The number of rotatable bonds is 7. The van der Waals surface area contributed by atoms with E-state index >= 15 is 0 Å². The highest BCUT2D eigenvalue weighted by Crippen LogP contribution is 2.19. The van der Waals surface area contributed by atoms with Crippen LogP contribution in [0.15, 0.2) is 30.3 Å². The van der Waals surface area contributed by atoms with E-state index in [4.69, 9.17) is 4.74 Å². The molecule has 5 nitrogen and oxygen atoms in total. The summed E-state index contributed by atoms with van der Waals surface area (Å²) in [7, 11) is 0. The van der Waals surface area contributed by atoms with Crippen molar-refractivity contribution in [3.8, 4) is 0 Å². The molecule has 1 N–H and O–H groups in total. The third kappa shape index (κ3) is 5.27. The lowest BCUT2D eigenvalue weighted by molar-refractivity contribution is -0.125. The second-order valence-corrected chi connectivity index (χ2v) is 5.89. The van der Waals surface area contributed by atoms with E-state index in [0.717, 1.165) is 31.2 Å². The SMILES string of the molecule is CCCCCNC(=O)[C@@H]1CCCN1C(=O)OCc1ccccc1. The van der Waals surface area contributed by atoms with Crippen molar-refractivity contribution in [3.05, 3.63) is 35.9 Å². The van der Waals surface area contributed by atoms with Crippen LogP contribution in [0.25, 0.3) is 0 Å². The molecule has 1 aliphatic heterocycles. The highest BCUT2D eigenvalue weighted by Gasteiger charge is 2.34. The maximum absolute atomic E-state index is 12.2. The molecular weight excluding hydrogens is 292 g/mol. The average Bonchev–Trinajstić information content (AvgIpc) is 3.07. The molecule has 1 fully saturated rings. The Morgan fingerprint density at radius 2 is 2.04 bits per heavy atom. The predicted molar refractivity (Wildman–Crippen MR) is 88.9 cm³/mol. The van der Waals surface area contributed by atoms with E-state index in [1.165, 1.54) is 0 Å². The Hall–Kier alpha value is -2.04. The molecule has 0 spiro atoms. The van der Waals surface area contributed by atoms with Crippen LogP contribution in [-0.2, 0) is 16.1 Å². The number of hydrogen-bond donors (Lipinski definition) is 1. The first-order valence-electron chi connectivity index (χ1n) is 8.47. The van der Waals surface area contributed by atoms with Gasteiger partial charge in [-0.2, -0.15) is 0 Å². The van der Waals surface area contributed by atoms with Crippen molar-refractivity contribution in [2.75, 3.05) is 13.1 Å². The molecule has 1 aromatic rings. The third-order valence-corrected chi connectivity index (χ3v) is 4.07. The van der Waals surface area contributed by atoms with Gasteiger partial charge in [-0.1, -0.05) is 50.1 Å². The second-order valence-electron chi connectivity index (χ2n) is 5.89. The summed E-state index contributed by atoms with van der Waals surface area (Å²) < 4.78 is 5.34. The van der Waals surface area contributed by atoms with Gasteiger partial charge in [-0.05, 0) is 24.8 Å². The number of carbonyl (C=O) groups excluding carboxylic acids is 2. The topological polar surface area (TPSA) is 58.6 Å². The number of amides is 2. The Balaban J connectivity index is 1.80. The predicted octanol–water partition coefficient (Wildman–Crippen LogP) is 3.09. The van der Waals surface area contributed by atoms with Crippen molar-refractivity contribution in [2.45, 2.75) is 51.7 Å². The minimum Gasteiger partial charge on any atom is -0.445 e. The molecule has 2 rings (SSSR count). The Morgan fingerprint density at radius 3 is 2.78 bits per heavy atom. The van der Waals surface area contributed by atoms with Crippen molar-refractivity contribution in [1.29, 1.82) is 0 Å². The Labute approximate surface area is 138 Å². The molecule has 0 aliphatic carbocycles. The molecule has 0 aromatic heterocycles. The van der Waals surface area contributed by atoms with Gasteiger partial charge in [-0.25, -0.2) is 4.79 Å². The van der Waals surface area contributed by atoms with Gasteiger partial charge in [0.1, 0.15) is 12.6 Å². The van der Waals surface area contributed by atoms with Gasteiger partial charge in [-0.15, -0.1) is 0 Å². The summed E-state index contributed by atoms with van der Waals surface area (Å²) >= 11 is 0. The number of nitrogens with zero attached hydrogens (tertiary/aromatic N) is 1. The van der Waals surface area contributed by atoms with Crippen molar-refractivity contribution >= 4 is 12.0 Å². The van der Waals surface area contributed by atoms with Crippen molar-refractivity contribution in [2.24, 2.45) is 0 Å². The van der Waals surface area contributed by atoms with E-state index in [9.17, 15) is 9.59 Å². The molecule has 1 saturated heterocycles. The fourth-order valence-corrected chi connectivity index (χ4v) is 2.76. The molecule has 126 valence electrons. The smallest absolute Gasteiger partial charge is 0.410 e. The first-order valence-corrected chi connectivity index (χ1v) is 8.47. The van der Waals surface area contributed by atoms with Crippen LogP contribution in [0, 0.1) is 0 Å². The Morgan fingerprint density at radius 1 is 1.26 bits per heavy atom. The lowest BCUT2D eigenvalue weighted by Gasteiger charge is -2.23. The van der Waals surface area contributed by atoms with Gasteiger partial charge < -0.3 is 10.1 Å². The largest absolute Gasteiger partial charge is 0.445 e. The number of ether oxygens (including phenoxy) is 1. The van der Waals surface area contributed by atoms with E-state index in [1.807, 2.05) is 30.3 Å². The van der Waals surface area contributed by atoms with Crippen LogP contribution in [0.3, 0.4) is 0 Å². The van der Waals surface area contributed by atoms with Gasteiger partial charge in [-0.3, -0.25) is 9.69 Å². The molecule has 23 heavy (non-hydrogen) atoms. The van der Waals surface area contributed by atoms with Crippen LogP contribution in [0.5, 0.6) is 0 Å². The number of carbonyl (C=O) groups is 2. The number of likely N-dealkylation sites (tertiary alicyclic amines) is 1. The summed E-state index contributed by atoms with van der Waals surface area (Å²) in [5.41, 5.74) is 0.945. The molecular formula is C18H26N2O3. The normalized spacial score (nSPS) is 17.1. The van der Waals surface area contributed by atoms with E-state index in [1.54, 1.807) is 4.90 Å². The number of benzene rings is 1. The fourth-order valence-electron chi connectivity index (χ4n) is 2.76. The zero-order chi connectivity index (χ0) is 16.5. The van der Waals surface area contributed by atoms with E-state index in [-0.39, 0.29) is 18.6 Å². The van der Waals surface area contributed by atoms with E-state index in [0.29, 0.717) is 19.5 Å². The van der Waals surface area contributed by atoms with Crippen LogP contribution >= 0.6 is 0 Å². The van der Waals surface area contributed by atoms with Crippen molar-refractivity contribution in [1.82, 2.24) is 10.2 Å². The van der Waals surface area contributed by atoms with E-state index < -0.39 is 6.09 Å². The summed E-state index contributed by atoms with van der Waals surface area (Å²) in [5, 5.41) is 2.93. The fraction of sp³-hybridized carbons (Fsp3) is 0.556. The maximum atomic E-state index is 12.2. The molecule has 5 heteroatoms. The zero-order valence-electron chi connectivity index (χ0n) is 13.8. The Bertz CT molecular complexity index is 504. The van der Waals surface area contributed by atoms with Gasteiger partial charge in [0.2, 0.25) is 5.91 Å². The number of unbranched alkanes of at least 4 members (excludes halogenated alkanes) is 2. The molecule has 1 atom stereocenters. The maximum Gasteiger partial charge on any atom is 0.410 e. The van der Waals surface area contributed by atoms with Crippen LogP contribution in [0.4, 0.5) is 4.79 Å². The standard InChI is InChI=1S/C18H26N2O3/c1-2-3-7-12-19-17(21)16-11-8-13-20(16)18(22)23-14-15-9-5-4-6-10-15/h4-6,9-10,16H,2-3,7-8,11-14H2,1H3,(H,19,21)/t16-/m0/s1. The quantitative estimate of drug-likeness (QED) is 0.786. The Kier molecular flexibility index (Phi) is 6.91. The molecule has 1 heterocycles.